The van der Waals surface area contributed by atoms with Crippen LogP contribution in [0.2, 0.25) is 0 Å². The summed E-state index contributed by atoms with van der Waals surface area (Å²) in [6, 6.07) is 11.5. The van der Waals surface area contributed by atoms with E-state index < -0.39 is 17.4 Å². The number of ether oxygens (including phenoxy) is 1. The van der Waals surface area contributed by atoms with Crippen LogP contribution in [0.25, 0.3) is 0 Å². The van der Waals surface area contributed by atoms with Crippen molar-refractivity contribution < 1.29 is 23.9 Å². The van der Waals surface area contributed by atoms with Crippen LogP contribution in [0.3, 0.4) is 0 Å². The van der Waals surface area contributed by atoms with Crippen molar-refractivity contribution in [3.8, 4) is 5.75 Å². The van der Waals surface area contributed by atoms with Gasteiger partial charge in [0.1, 0.15) is 5.75 Å². The maximum Gasteiger partial charge on any atom is 0.268 e. The summed E-state index contributed by atoms with van der Waals surface area (Å²) in [6.45, 7) is 3.32. The minimum atomic E-state index is -0.968. The number of carbonyl (C=O) groups is 4. The highest BCUT2D eigenvalue weighted by Crippen LogP contribution is 2.35. The first kappa shape index (κ1) is 18.7. The zero-order chi connectivity index (χ0) is 20.8. The van der Waals surface area contributed by atoms with E-state index in [4.69, 9.17) is 4.74 Å². The number of hydrogen-bond acceptors (Lipinski definition) is 5. The van der Waals surface area contributed by atoms with Gasteiger partial charge in [-0.1, -0.05) is 12.1 Å². The van der Waals surface area contributed by atoms with E-state index in [0.29, 0.717) is 28.3 Å². The zero-order valence-electron chi connectivity index (χ0n) is 15.9. The lowest BCUT2D eigenvalue weighted by Crippen LogP contribution is -2.45. The molecule has 0 aromatic heterocycles. The van der Waals surface area contributed by atoms with Crippen LogP contribution in [0, 0.1) is 0 Å². The third kappa shape index (κ3) is 3.33. The monoisotopic (exact) mass is 393 g/mol. The number of carbonyl (C=O) groups excluding carboxylic acids is 4. The molecular formula is C21H19N3O5. The number of anilines is 2. The molecule has 0 atom stereocenters. The fraction of sp³-hybridized carbons (Fsp3) is 0.238. The van der Waals surface area contributed by atoms with Crippen LogP contribution >= 0.6 is 0 Å². The van der Waals surface area contributed by atoms with Crippen LogP contribution in [-0.4, -0.2) is 40.7 Å². The van der Waals surface area contributed by atoms with Gasteiger partial charge in [-0.15, -0.1) is 0 Å². The first-order chi connectivity index (χ1) is 13.8. The van der Waals surface area contributed by atoms with Gasteiger partial charge in [0.2, 0.25) is 5.91 Å². The molecule has 2 N–H and O–H groups in total. The third-order valence-corrected chi connectivity index (χ3v) is 4.86. The van der Waals surface area contributed by atoms with Gasteiger partial charge in [-0.3, -0.25) is 24.1 Å². The standard InChI is InChI=1S/C21H19N3O5/c1-21(2)20(28)23-15-11-12(7-8-16(15)29-21)22-17(25)9-10-24-18(26)13-5-3-4-6-14(13)19(24)27/h3-8,11H,9-10H2,1-2H3,(H,22,25)(H,23,28). The van der Waals surface area contributed by atoms with E-state index in [1.54, 1.807) is 56.3 Å². The molecule has 0 saturated heterocycles. The molecule has 0 aliphatic carbocycles. The number of rotatable bonds is 4. The van der Waals surface area contributed by atoms with Gasteiger partial charge in [-0.25, -0.2) is 0 Å². The summed E-state index contributed by atoms with van der Waals surface area (Å²) in [5.74, 6) is -0.910. The van der Waals surface area contributed by atoms with Gasteiger partial charge in [-0.05, 0) is 44.2 Å². The molecule has 29 heavy (non-hydrogen) atoms. The number of imide groups is 1. The third-order valence-electron chi connectivity index (χ3n) is 4.86. The second-order valence-corrected chi connectivity index (χ2v) is 7.38. The van der Waals surface area contributed by atoms with E-state index in [2.05, 4.69) is 10.6 Å². The van der Waals surface area contributed by atoms with Crippen molar-refractivity contribution in [2.24, 2.45) is 0 Å². The highest BCUT2D eigenvalue weighted by molar-refractivity contribution is 6.21. The van der Waals surface area contributed by atoms with E-state index >= 15 is 0 Å². The Morgan fingerprint density at radius 2 is 1.72 bits per heavy atom. The minimum Gasteiger partial charge on any atom is -0.476 e. The van der Waals surface area contributed by atoms with E-state index in [0.717, 1.165) is 4.90 Å². The van der Waals surface area contributed by atoms with Crippen LogP contribution in [-0.2, 0) is 9.59 Å². The summed E-state index contributed by atoms with van der Waals surface area (Å²) in [7, 11) is 0. The van der Waals surface area contributed by atoms with Gasteiger partial charge >= 0.3 is 0 Å². The summed E-state index contributed by atoms with van der Waals surface area (Å²) in [4.78, 5) is 50.1. The lowest BCUT2D eigenvalue weighted by molar-refractivity contribution is -0.129. The minimum absolute atomic E-state index is 0.0167. The lowest BCUT2D eigenvalue weighted by Gasteiger charge is -2.31. The molecule has 0 unspecified atom stereocenters. The summed E-state index contributed by atoms with van der Waals surface area (Å²) >= 11 is 0. The smallest absolute Gasteiger partial charge is 0.268 e. The Labute approximate surface area is 166 Å². The Morgan fingerprint density at radius 1 is 1.07 bits per heavy atom. The Kier molecular flexibility index (Phi) is 4.34. The van der Waals surface area contributed by atoms with Gasteiger partial charge in [0.05, 0.1) is 16.8 Å². The maximum absolute atomic E-state index is 12.3. The maximum atomic E-state index is 12.3. The molecule has 2 aliphatic heterocycles. The number of hydrogen-bond donors (Lipinski definition) is 2. The largest absolute Gasteiger partial charge is 0.476 e. The quantitative estimate of drug-likeness (QED) is 0.777. The number of nitrogens with one attached hydrogen (secondary N) is 2. The van der Waals surface area contributed by atoms with Gasteiger partial charge in [-0.2, -0.15) is 0 Å². The van der Waals surface area contributed by atoms with E-state index in [9.17, 15) is 19.2 Å². The predicted molar refractivity (Wildman–Crippen MR) is 105 cm³/mol. The topological polar surface area (TPSA) is 105 Å². The fourth-order valence-electron chi connectivity index (χ4n) is 3.27. The number of fused-ring (bicyclic) bond motifs is 2. The van der Waals surface area contributed by atoms with Gasteiger partial charge in [0.15, 0.2) is 5.60 Å². The van der Waals surface area contributed by atoms with E-state index in [-0.39, 0.29) is 24.8 Å². The molecule has 0 fully saturated rings. The summed E-state index contributed by atoms with van der Waals surface area (Å²) in [5.41, 5.74) is 0.675. The molecule has 2 aromatic rings. The molecule has 0 radical (unpaired) electrons. The number of nitrogens with zero attached hydrogens (tertiary/aromatic N) is 1. The highest BCUT2D eigenvalue weighted by atomic mass is 16.5. The second-order valence-electron chi connectivity index (χ2n) is 7.38. The highest BCUT2D eigenvalue weighted by Gasteiger charge is 2.36. The molecule has 2 heterocycles. The van der Waals surface area contributed by atoms with Crippen molar-refractivity contribution in [3.63, 3.8) is 0 Å². The molecule has 4 rings (SSSR count). The van der Waals surface area contributed by atoms with Crippen molar-refractivity contribution in [2.75, 3.05) is 17.2 Å². The molecule has 8 heteroatoms. The SMILES string of the molecule is CC1(C)Oc2ccc(NC(=O)CCN3C(=O)c4ccccc4C3=O)cc2NC1=O. The Bertz CT molecular complexity index is 1030. The first-order valence-electron chi connectivity index (χ1n) is 9.16. The van der Waals surface area contributed by atoms with Crippen molar-refractivity contribution in [3.05, 3.63) is 53.6 Å². The van der Waals surface area contributed by atoms with Crippen LogP contribution < -0.4 is 15.4 Å². The van der Waals surface area contributed by atoms with Crippen LogP contribution in [0.15, 0.2) is 42.5 Å². The van der Waals surface area contributed by atoms with Gasteiger partial charge in [0, 0.05) is 18.7 Å². The Hall–Kier alpha value is -3.68. The summed E-state index contributed by atoms with van der Waals surface area (Å²) in [6.07, 6.45) is -0.0432. The molecule has 2 aromatic carbocycles. The summed E-state index contributed by atoms with van der Waals surface area (Å²) in [5, 5.41) is 5.46. The van der Waals surface area contributed by atoms with Gasteiger partial charge < -0.3 is 15.4 Å². The summed E-state index contributed by atoms with van der Waals surface area (Å²) < 4.78 is 5.65. The van der Waals surface area contributed by atoms with E-state index in [1.165, 1.54) is 0 Å². The van der Waals surface area contributed by atoms with Crippen LogP contribution in [0.1, 0.15) is 41.0 Å². The average Bonchev–Trinajstić information content (AvgIpc) is 2.92. The van der Waals surface area contributed by atoms with E-state index in [1.807, 2.05) is 0 Å². The molecule has 4 amide bonds. The molecule has 0 spiro atoms. The lowest BCUT2D eigenvalue weighted by atomic mass is 10.1. The molecule has 148 valence electrons. The zero-order valence-corrected chi connectivity index (χ0v) is 15.9. The van der Waals surface area contributed by atoms with Crippen molar-refractivity contribution in [1.82, 2.24) is 4.90 Å². The predicted octanol–water partition coefficient (Wildman–Crippen LogP) is 2.42. The van der Waals surface area contributed by atoms with Crippen molar-refractivity contribution in [1.29, 1.82) is 0 Å². The Morgan fingerprint density at radius 3 is 2.38 bits per heavy atom. The normalized spacial score (nSPS) is 16.6. The molecule has 0 bridgehead atoms. The first-order valence-corrected chi connectivity index (χ1v) is 9.16. The Balaban J connectivity index is 1.39. The number of benzene rings is 2. The molecule has 0 saturated carbocycles. The second kappa shape index (κ2) is 6.73. The van der Waals surface area contributed by atoms with Crippen molar-refractivity contribution in [2.45, 2.75) is 25.9 Å². The molecular weight excluding hydrogens is 374 g/mol. The average molecular weight is 393 g/mol. The number of amides is 4. The van der Waals surface area contributed by atoms with Crippen molar-refractivity contribution >= 4 is 35.0 Å². The molecule has 2 aliphatic rings. The van der Waals surface area contributed by atoms with Crippen LogP contribution in [0.4, 0.5) is 11.4 Å². The fourth-order valence-corrected chi connectivity index (χ4v) is 3.27. The molecule has 8 nitrogen and oxygen atoms in total. The van der Waals surface area contributed by atoms with Gasteiger partial charge in [0.25, 0.3) is 17.7 Å². The van der Waals surface area contributed by atoms with Crippen LogP contribution in [0.5, 0.6) is 5.75 Å².